The summed E-state index contributed by atoms with van der Waals surface area (Å²) in [5, 5.41) is 0. The predicted octanol–water partition coefficient (Wildman–Crippen LogP) is 7.38. The van der Waals surface area contributed by atoms with Crippen molar-refractivity contribution in [1.29, 1.82) is 0 Å². The van der Waals surface area contributed by atoms with Crippen LogP contribution in [-0.2, 0) is 9.53 Å². The van der Waals surface area contributed by atoms with E-state index in [1.165, 1.54) is 58.8 Å². The first-order valence-corrected chi connectivity index (χ1v) is 15.3. The lowest BCUT2D eigenvalue weighted by Gasteiger charge is -2.26. The van der Waals surface area contributed by atoms with Crippen molar-refractivity contribution in [2.75, 3.05) is 48.0 Å². The van der Waals surface area contributed by atoms with Crippen LogP contribution in [0, 0.1) is 17.8 Å². The summed E-state index contributed by atoms with van der Waals surface area (Å²) >= 11 is 3.70. The molecule has 4 nitrogen and oxygen atoms in total. The lowest BCUT2D eigenvalue weighted by molar-refractivity contribution is -0.143. The van der Waals surface area contributed by atoms with E-state index in [2.05, 4.69) is 71.9 Å². The molecule has 2 aliphatic rings. The molecule has 2 aromatic rings. The van der Waals surface area contributed by atoms with Gasteiger partial charge in [-0.05, 0) is 72.7 Å². The molecule has 35 heavy (non-hydrogen) atoms. The van der Waals surface area contributed by atoms with Gasteiger partial charge < -0.3 is 13.9 Å². The van der Waals surface area contributed by atoms with Gasteiger partial charge in [0.05, 0.1) is 12.3 Å². The van der Waals surface area contributed by atoms with Gasteiger partial charge >= 0.3 is 5.97 Å². The van der Waals surface area contributed by atoms with Crippen LogP contribution in [0.5, 0.6) is 0 Å². The number of benzene rings is 2. The van der Waals surface area contributed by atoms with Gasteiger partial charge in [-0.3, -0.25) is 4.79 Å². The first kappa shape index (κ1) is 26.3. The molecule has 2 fully saturated rings. The molecule has 1 heterocycles. The second-order valence-corrected chi connectivity index (χ2v) is 11.8. The quantitative estimate of drug-likeness (QED) is 0.121. The molecule has 0 N–H and O–H groups in total. The highest BCUT2D eigenvalue weighted by Gasteiger charge is 2.56. The lowest BCUT2D eigenvalue weighted by atomic mass is 10.0. The van der Waals surface area contributed by atoms with E-state index in [0.717, 1.165) is 13.1 Å². The largest absolute Gasteiger partial charge is 0.466 e. The average Bonchev–Trinajstić information content (AvgIpc) is 3.30. The fraction of sp³-hybridized carbons (Fsp3) is 0.552. The van der Waals surface area contributed by atoms with E-state index in [1.54, 1.807) is 11.9 Å². The smallest absolute Gasteiger partial charge is 0.306 e. The second-order valence-electron chi connectivity index (χ2n) is 9.72. The third-order valence-corrected chi connectivity index (χ3v) is 9.31. The Labute approximate surface area is 220 Å². The summed E-state index contributed by atoms with van der Waals surface area (Å²) in [6, 6.07) is 16.0. The van der Waals surface area contributed by atoms with Crippen molar-refractivity contribution < 1.29 is 9.53 Å². The highest BCUT2D eigenvalue weighted by Crippen LogP contribution is 2.54. The molecule has 1 aliphatic heterocycles. The first-order valence-electron chi connectivity index (χ1n) is 13.1. The van der Waals surface area contributed by atoms with Crippen LogP contribution in [-0.4, -0.2) is 44.7 Å². The topological polar surface area (TPSA) is 32.8 Å². The fourth-order valence-corrected chi connectivity index (χ4v) is 6.62. The Balaban J connectivity index is 1.43. The van der Waals surface area contributed by atoms with Crippen molar-refractivity contribution in [2.45, 2.75) is 50.8 Å². The molecule has 4 rings (SSSR count). The van der Waals surface area contributed by atoms with Crippen molar-refractivity contribution in [3.05, 3.63) is 42.5 Å². The van der Waals surface area contributed by atoms with Crippen LogP contribution in [0.25, 0.3) is 11.1 Å². The molecule has 0 radical (unpaired) electrons. The van der Waals surface area contributed by atoms with Gasteiger partial charge in [0.2, 0.25) is 0 Å². The van der Waals surface area contributed by atoms with Crippen LogP contribution in [0.15, 0.2) is 47.4 Å². The molecule has 0 amide bonds. The number of fused-ring (bicyclic) bond motifs is 1. The van der Waals surface area contributed by atoms with Gasteiger partial charge in [0, 0.05) is 49.0 Å². The molecule has 190 valence electrons. The Hall–Kier alpha value is -1.79. The summed E-state index contributed by atoms with van der Waals surface area (Å²) in [6.07, 6.45) is 7.96. The number of hydrogen-bond donors (Lipinski definition) is 0. The second kappa shape index (κ2) is 12.4. The van der Waals surface area contributed by atoms with Crippen molar-refractivity contribution in [3.63, 3.8) is 0 Å². The highest BCUT2D eigenvalue weighted by atomic mass is 32.2. The highest BCUT2D eigenvalue weighted by molar-refractivity contribution is 8.00. The van der Waals surface area contributed by atoms with Gasteiger partial charge in [0.25, 0.3) is 0 Å². The SMILES string of the molecule is CCCCCCSc1ccc(-c2cc(N3CC4C(CC(=O)OCC)C4C3)ccc2N(C)SC)cc1. The molecule has 2 aromatic carbocycles. The van der Waals surface area contributed by atoms with Crippen molar-refractivity contribution in [1.82, 2.24) is 0 Å². The van der Waals surface area contributed by atoms with Crippen LogP contribution in [0.1, 0.15) is 46.0 Å². The predicted molar refractivity (Wildman–Crippen MR) is 153 cm³/mol. The molecular weight excluding hydrogens is 472 g/mol. The van der Waals surface area contributed by atoms with Crippen molar-refractivity contribution in [2.24, 2.45) is 17.8 Å². The zero-order valence-electron chi connectivity index (χ0n) is 21.7. The van der Waals surface area contributed by atoms with Gasteiger partial charge in [-0.25, -0.2) is 0 Å². The monoisotopic (exact) mass is 512 g/mol. The van der Waals surface area contributed by atoms with Gasteiger partial charge in [-0.2, -0.15) is 0 Å². The van der Waals surface area contributed by atoms with Gasteiger partial charge in [-0.1, -0.05) is 50.3 Å². The number of hydrogen-bond acceptors (Lipinski definition) is 6. The summed E-state index contributed by atoms with van der Waals surface area (Å²) < 4.78 is 7.41. The van der Waals surface area contributed by atoms with Crippen LogP contribution in [0.3, 0.4) is 0 Å². The number of nitrogens with zero attached hydrogens (tertiary/aromatic N) is 2. The number of piperidine rings is 1. The number of esters is 1. The van der Waals surface area contributed by atoms with E-state index >= 15 is 0 Å². The molecule has 0 bridgehead atoms. The molecule has 1 saturated carbocycles. The van der Waals surface area contributed by atoms with Crippen molar-refractivity contribution in [3.8, 4) is 11.1 Å². The minimum Gasteiger partial charge on any atom is -0.466 e. The number of ether oxygens (including phenoxy) is 1. The molecule has 2 atom stereocenters. The number of thioether (sulfide) groups is 1. The number of rotatable bonds is 13. The molecule has 0 aromatic heterocycles. The van der Waals surface area contributed by atoms with Crippen LogP contribution >= 0.6 is 23.7 Å². The number of anilines is 2. The maximum Gasteiger partial charge on any atom is 0.306 e. The molecule has 1 saturated heterocycles. The van der Waals surface area contributed by atoms with Gasteiger partial charge in [-0.15, -0.1) is 11.8 Å². The number of carbonyl (C=O) groups excluding carboxylic acids is 1. The Morgan fingerprint density at radius 1 is 1.06 bits per heavy atom. The fourth-order valence-electron chi connectivity index (χ4n) is 5.35. The molecule has 6 heteroatoms. The Bertz CT molecular complexity index is 969. The summed E-state index contributed by atoms with van der Waals surface area (Å²) in [7, 11) is 2.13. The minimum absolute atomic E-state index is 0.0345. The molecule has 1 aliphatic carbocycles. The Kier molecular flexibility index (Phi) is 9.34. The van der Waals surface area contributed by atoms with Crippen LogP contribution < -0.4 is 9.21 Å². The summed E-state index contributed by atoms with van der Waals surface area (Å²) in [6.45, 7) is 6.70. The third-order valence-electron chi connectivity index (χ3n) is 7.47. The third kappa shape index (κ3) is 6.51. The van der Waals surface area contributed by atoms with E-state index in [4.69, 9.17) is 4.74 Å². The van der Waals surface area contributed by atoms with Gasteiger partial charge in [0.1, 0.15) is 0 Å². The van der Waals surface area contributed by atoms with Crippen molar-refractivity contribution >= 4 is 41.1 Å². The maximum atomic E-state index is 11.9. The summed E-state index contributed by atoms with van der Waals surface area (Å²) in [4.78, 5) is 15.7. The standard InChI is InChI=1S/C29H40N2O2S2/c1-5-7-8-9-16-35-23-13-10-21(11-14-23)24-17-22(12-15-28(24)30(3)34-4)31-19-26-25(27(26)20-31)18-29(32)33-6-2/h10-15,17,25-27H,5-9,16,18-20H2,1-4H3. The van der Waals surface area contributed by atoms with Gasteiger partial charge in [0.15, 0.2) is 0 Å². The van der Waals surface area contributed by atoms with Crippen LogP contribution in [0.2, 0.25) is 0 Å². The normalized spacial score (nSPS) is 20.6. The Morgan fingerprint density at radius 2 is 1.80 bits per heavy atom. The molecular formula is C29H40N2O2S2. The summed E-state index contributed by atoms with van der Waals surface area (Å²) in [5.74, 6) is 2.94. The lowest BCUT2D eigenvalue weighted by Crippen LogP contribution is -2.25. The zero-order chi connectivity index (χ0) is 24.8. The minimum atomic E-state index is -0.0345. The average molecular weight is 513 g/mol. The van der Waals surface area contributed by atoms with Crippen LogP contribution in [0.4, 0.5) is 11.4 Å². The van der Waals surface area contributed by atoms with E-state index in [1.807, 2.05) is 18.7 Å². The molecule has 2 unspecified atom stereocenters. The zero-order valence-corrected chi connectivity index (χ0v) is 23.3. The summed E-state index contributed by atoms with van der Waals surface area (Å²) in [5.41, 5.74) is 5.07. The van der Waals surface area contributed by atoms with E-state index in [-0.39, 0.29) is 5.97 Å². The maximum absolute atomic E-state index is 11.9. The van der Waals surface area contributed by atoms with E-state index in [9.17, 15) is 4.79 Å². The first-order chi connectivity index (χ1) is 17.0. The number of carbonyl (C=O) groups is 1. The van der Waals surface area contributed by atoms with E-state index in [0.29, 0.717) is 30.8 Å². The van der Waals surface area contributed by atoms with E-state index < -0.39 is 0 Å². The molecule has 0 spiro atoms. The number of unbranched alkanes of at least 4 members (excludes halogenated alkanes) is 3. The Morgan fingerprint density at radius 3 is 2.46 bits per heavy atom.